The molecule has 1 unspecified atom stereocenters. The maximum Gasteiger partial charge on any atom is 0.246 e. The Morgan fingerprint density at radius 1 is 1.10 bits per heavy atom. The highest BCUT2D eigenvalue weighted by molar-refractivity contribution is 5.56. The molecule has 0 saturated carbocycles. The Balaban J connectivity index is 1.71. The average Bonchev–Trinajstić information content (AvgIpc) is 2.61. The molecule has 0 bridgehead atoms. The average molecular weight is 277 g/mol. The maximum absolute atomic E-state index is 5.78. The van der Waals surface area contributed by atoms with Crippen LogP contribution in [0.25, 0.3) is 0 Å². The highest BCUT2D eigenvalue weighted by atomic mass is 16.7. The van der Waals surface area contributed by atoms with Gasteiger partial charge in [-0.25, -0.2) is 0 Å². The van der Waals surface area contributed by atoms with Gasteiger partial charge < -0.3 is 19.5 Å². The topological polar surface area (TPSA) is 39.7 Å². The number of anilines is 1. The molecule has 2 heterocycles. The molecule has 1 atom stereocenters. The van der Waals surface area contributed by atoms with Crippen molar-refractivity contribution in [3.05, 3.63) is 18.2 Å². The van der Waals surface area contributed by atoms with Crippen LogP contribution >= 0.6 is 0 Å². The van der Waals surface area contributed by atoms with E-state index in [0.717, 1.165) is 36.6 Å². The van der Waals surface area contributed by atoms with Crippen molar-refractivity contribution in [3.63, 3.8) is 0 Å². The zero-order valence-corrected chi connectivity index (χ0v) is 12.7. The predicted molar refractivity (Wildman–Crippen MR) is 78.5 cm³/mol. The van der Waals surface area contributed by atoms with E-state index in [2.05, 4.69) is 19.2 Å². The van der Waals surface area contributed by atoms with E-state index in [1.54, 1.807) is 0 Å². The lowest BCUT2D eigenvalue weighted by Gasteiger charge is -2.36. The number of hydrogen-bond donors (Lipinski definition) is 1. The summed E-state index contributed by atoms with van der Waals surface area (Å²) >= 11 is 0. The molecule has 4 nitrogen and oxygen atoms in total. The van der Waals surface area contributed by atoms with Crippen molar-refractivity contribution in [3.8, 4) is 11.5 Å². The first kappa shape index (κ1) is 13.6. The van der Waals surface area contributed by atoms with Crippen molar-refractivity contribution in [1.82, 2.24) is 0 Å². The summed E-state index contributed by atoms with van der Waals surface area (Å²) in [7, 11) is 0. The molecule has 0 aromatic heterocycles. The smallest absolute Gasteiger partial charge is 0.246 e. The van der Waals surface area contributed by atoms with Gasteiger partial charge in [-0.05, 0) is 38.8 Å². The fourth-order valence-electron chi connectivity index (χ4n) is 2.90. The van der Waals surface area contributed by atoms with Gasteiger partial charge in [-0.1, -0.05) is 0 Å². The summed E-state index contributed by atoms with van der Waals surface area (Å²) in [5.41, 5.74) is 1.03. The van der Waals surface area contributed by atoms with Gasteiger partial charge in [-0.3, -0.25) is 0 Å². The fraction of sp³-hybridized carbons (Fsp3) is 0.625. The van der Waals surface area contributed by atoms with Crippen molar-refractivity contribution in [2.24, 2.45) is 0 Å². The molecular weight excluding hydrogens is 254 g/mol. The number of hydrogen-bond acceptors (Lipinski definition) is 4. The van der Waals surface area contributed by atoms with Crippen LogP contribution in [0.15, 0.2) is 18.2 Å². The van der Waals surface area contributed by atoms with Crippen LogP contribution in [0.5, 0.6) is 11.5 Å². The van der Waals surface area contributed by atoms with E-state index in [9.17, 15) is 0 Å². The Kier molecular flexibility index (Phi) is 3.09. The Morgan fingerprint density at radius 2 is 1.85 bits per heavy atom. The minimum atomic E-state index is -0.568. The van der Waals surface area contributed by atoms with E-state index >= 15 is 0 Å². The Morgan fingerprint density at radius 3 is 2.60 bits per heavy atom. The quantitative estimate of drug-likeness (QED) is 0.897. The molecule has 4 heteroatoms. The summed E-state index contributed by atoms with van der Waals surface area (Å²) in [6.45, 7) is 8.93. The van der Waals surface area contributed by atoms with Gasteiger partial charge in [0, 0.05) is 38.2 Å². The van der Waals surface area contributed by atoms with Gasteiger partial charge in [0.2, 0.25) is 5.79 Å². The normalized spacial score (nSPS) is 26.3. The lowest BCUT2D eigenvalue weighted by molar-refractivity contribution is -0.0553. The van der Waals surface area contributed by atoms with Crippen molar-refractivity contribution in [2.75, 3.05) is 11.9 Å². The number of rotatable bonds is 2. The van der Waals surface area contributed by atoms with E-state index in [0.29, 0.717) is 6.04 Å². The monoisotopic (exact) mass is 277 g/mol. The van der Waals surface area contributed by atoms with Crippen molar-refractivity contribution in [1.29, 1.82) is 0 Å². The molecule has 3 rings (SSSR count). The summed E-state index contributed by atoms with van der Waals surface area (Å²) in [5.74, 6) is 1.06. The molecule has 0 aliphatic carbocycles. The Bertz CT molecular complexity index is 510. The number of nitrogens with one attached hydrogen (secondary N) is 1. The van der Waals surface area contributed by atoms with Crippen LogP contribution in [0, 0.1) is 0 Å². The third-order valence-corrected chi connectivity index (χ3v) is 3.72. The van der Waals surface area contributed by atoms with Gasteiger partial charge in [-0.15, -0.1) is 0 Å². The minimum absolute atomic E-state index is 0.0474. The summed E-state index contributed by atoms with van der Waals surface area (Å²) in [5, 5.41) is 3.58. The Hall–Kier alpha value is -1.42. The molecule has 1 aromatic rings. The van der Waals surface area contributed by atoms with E-state index in [1.165, 1.54) is 0 Å². The van der Waals surface area contributed by atoms with Gasteiger partial charge in [-0.2, -0.15) is 0 Å². The third kappa shape index (κ3) is 2.85. The van der Waals surface area contributed by atoms with E-state index in [4.69, 9.17) is 14.2 Å². The first-order valence-electron chi connectivity index (χ1n) is 7.26. The summed E-state index contributed by atoms with van der Waals surface area (Å²) in [6, 6.07) is 6.47. The molecular formula is C16H23NO3. The van der Waals surface area contributed by atoms with Crippen LogP contribution in [-0.2, 0) is 4.74 Å². The van der Waals surface area contributed by atoms with Crippen LogP contribution in [0.2, 0.25) is 0 Å². The Labute approximate surface area is 120 Å². The second kappa shape index (κ2) is 4.55. The van der Waals surface area contributed by atoms with Gasteiger partial charge in [0.15, 0.2) is 11.5 Å². The maximum atomic E-state index is 5.78. The molecule has 0 amide bonds. The predicted octanol–water partition coefficient (Wildman–Crippen LogP) is 3.56. The highest BCUT2D eigenvalue weighted by Gasteiger charge is 2.32. The van der Waals surface area contributed by atoms with E-state index in [1.807, 2.05) is 32.0 Å². The molecule has 110 valence electrons. The molecule has 1 aromatic carbocycles. The molecule has 0 spiro atoms. The number of benzene rings is 1. The molecule has 0 radical (unpaired) electrons. The second-order valence-corrected chi connectivity index (χ2v) is 6.71. The SMILES string of the molecule is CC1(C)CC(Nc2ccc3c(c2)OC(C)(C)O3)CCO1. The summed E-state index contributed by atoms with van der Waals surface area (Å²) < 4.78 is 17.2. The van der Waals surface area contributed by atoms with Gasteiger partial charge in [0.25, 0.3) is 0 Å². The number of ether oxygens (including phenoxy) is 3. The van der Waals surface area contributed by atoms with Gasteiger partial charge >= 0.3 is 0 Å². The van der Waals surface area contributed by atoms with Crippen LogP contribution in [0.1, 0.15) is 40.5 Å². The third-order valence-electron chi connectivity index (χ3n) is 3.72. The van der Waals surface area contributed by atoms with Gasteiger partial charge in [0.05, 0.1) is 5.60 Å². The summed E-state index contributed by atoms with van der Waals surface area (Å²) in [6.07, 6.45) is 2.04. The molecule has 1 fully saturated rings. The van der Waals surface area contributed by atoms with Crippen LogP contribution in [0.3, 0.4) is 0 Å². The molecule has 2 aliphatic heterocycles. The second-order valence-electron chi connectivity index (χ2n) is 6.71. The van der Waals surface area contributed by atoms with Crippen LogP contribution < -0.4 is 14.8 Å². The molecule has 20 heavy (non-hydrogen) atoms. The lowest BCUT2D eigenvalue weighted by atomic mass is 9.94. The minimum Gasteiger partial charge on any atom is -0.449 e. The van der Waals surface area contributed by atoms with E-state index < -0.39 is 5.79 Å². The first-order valence-corrected chi connectivity index (χ1v) is 7.26. The largest absolute Gasteiger partial charge is 0.449 e. The first-order chi connectivity index (χ1) is 9.33. The molecule has 1 saturated heterocycles. The lowest BCUT2D eigenvalue weighted by Crippen LogP contribution is -2.40. The highest BCUT2D eigenvalue weighted by Crippen LogP contribution is 2.41. The van der Waals surface area contributed by atoms with Crippen LogP contribution in [0.4, 0.5) is 5.69 Å². The number of fused-ring (bicyclic) bond motifs is 1. The van der Waals surface area contributed by atoms with Crippen LogP contribution in [-0.4, -0.2) is 24.0 Å². The molecule has 2 aliphatic rings. The molecule has 1 N–H and O–H groups in total. The zero-order chi connectivity index (χ0) is 14.4. The fourth-order valence-corrected chi connectivity index (χ4v) is 2.90. The summed E-state index contributed by atoms with van der Waals surface area (Å²) in [4.78, 5) is 0. The van der Waals surface area contributed by atoms with Crippen molar-refractivity contribution >= 4 is 5.69 Å². The van der Waals surface area contributed by atoms with Gasteiger partial charge in [0.1, 0.15) is 0 Å². The van der Waals surface area contributed by atoms with Crippen molar-refractivity contribution in [2.45, 2.75) is 58.0 Å². The standard InChI is InChI=1S/C16H23NO3/c1-15(2)10-12(7-8-18-15)17-11-5-6-13-14(9-11)20-16(3,4)19-13/h5-6,9,12,17H,7-8,10H2,1-4H3. The van der Waals surface area contributed by atoms with E-state index in [-0.39, 0.29) is 5.60 Å². The van der Waals surface area contributed by atoms with Crippen molar-refractivity contribution < 1.29 is 14.2 Å². The zero-order valence-electron chi connectivity index (χ0n) is 12.7.